The van der Waals surface area contributed by atoms with Gasteiger partial charge in [-0.1, -0.05) is 0 Å². The Labute approximate surface area is 156 Å². The normalized spacial score (nSPS) is 44.0. The third-order valence-corrected chi connectivity index (χ3v) is 5.15. The lowest BCUT2D eigenvalue weighted by atomic mass is 9.86. The van der Waals surface area contributed by atoms with Crippen molar-refractivity contribution in [3.63, 3.8) is 0 Å². The number of aliphatic hydroxyl groups is 7. The molecule has 0 aromatic carbocycles. The van der Waals surface area contributed by atoms with E-state index in [1.54, 1.807) is 0 Å². The van der Waals surface area contributed by atoms with E-state index in [1.165, 1.54) is 0 Å². The average molecular weight is 406 g/mol. The Kier molecular flexibility index (Phi) is 5.73. The van der Waals surface area contributed by atoms with Crippen LogP contribution in [0.25, 0.3) is 0 Å². The first-order valence-electron chi connectivity index (χ1n) is 8.46. The van der Waals surface area contributed by atoms with Crippen molar-refractivity contribution in [2.24, 2.45) is 0 Å². The van der Waals surface area contributed by atoms with Crippen LogP contribution in [0, 0.1) is 0 Å². The number of aromatic amines is 1. The zero-order chi connectivity index (χ0) is 20.8. The van der Waals surface area contributed by atoms with E-state index in [-0.39, 0.29) is 0 Å². The van der Waals surface area contributed by atoms with Crippen LogP contribution in [-0.4, -0.2) is 107 Å². The summed E-state index contributed by atoms with van der Waals surface area (Å²) in [5, 5.41) is 70.3. The molecule has 1 aromatic heterocycles. The minimum absolute atomic E-state index is 0.644. The summed E-state index contributed by atoms with van der Waals surface area (Å²) in [4.78, 5) is 25.7. The van der Waals surface area contributed by atoms with E-state index >= 15 is 0 Å². The molecule has 3 heterocycles. The quantitative estimate of drug-likeness (QED) is 0.236. The Bertz CT molecular complexity index is 810. The lowest BCUT2D eigenvalue weighted by Crippen LogP contribution is -2.69. The van der Waals surface area contributed by atoms with Gasteiger partial charge in [0, 0.05) is 12.3 Å². The van der Waals surface area contributed by atoms with Crippen molar-refractivity contribution in [3.8, 4) is 0 Å². The summed E-state index contributed by atoms with van der Waals surface area (Å²) in [6, 6.07) is 0.905. The molecular weight excluding hydrogens is 384 g/mol. The summed E-state index contributed by atoms with van der Waals surface area (Å²) < 4.78 is 11.6. The number of hydrogen-bond acceptors (Lipinski definition) is 11. The van der Waals surface area contributed by atoms with Crippen LogP contribution in [0.1, 0.15) is 0 Å². The van der Waals surface area contributed by atoms with Gasteiger partial charge in [-0.05, 0) is 0 Å². The Morgan fingerprint density at radius 1 is 0.964 bits per heavy atom. The molecule has 158 valence electrons. The van der Waals surface area contributed by atoms with Crippen LogP contribution in [0.3, 0.4) is 0 Å². The Hall–Kier alpha value is -1.68. The van der Waals surface area contributed by atoms with E-state index in [9.17, 15) is 45.3 Å². The summed E-state index contributed by atoms with van der Waals surface area (Å²) in [7, 11) is 0. The fraction of sp³-hybridized carbons (Fsp3) is 0.733. The fourth-order valence-electron chi connectivity index (χ4n) is 3.68. The first kappa shape index (κ1) is 21.0. The number of aliphatic hydroxyl groups excluding tert-OH is 7. The monoisotopic (exact) mass is 406 g/mol. The molecule has 0 spiro atoms. The predicted octanol–water partition coefficient (Wildman–Crippen LogP) is -5.86. The van der Waals surface area contributed by atoms with Crippen molar-refractivity contribution in [1.82, 2.24) is 9.55 Å². The minimum Gasteiger partial charge on any atom is -0.394 e. The van der Waals surface area contributed by atoms with Gasteiger partial charge in [0.15, 0.2) is 0 Å². The van der Waals surface area contributed by atoms with Crippen LogP contribution in [-0.2, 0) is 15.2 Å². The van der Waals surface area contributed by atoms with E-state index in [0.29, 0.717) is 4.57 Å². The zero-order valence-electron chi connectivity index (χ0n) is 14.4. The third kappa shape index (κ3) is 3.01. The van der Waals surface area contributed by atoms with Gasteiger partial charge >= 0.3 is 5.69 Å². The van der Waals surface area contributed by atoms with Crippen molar-refractivity contribution in [1.29, 1.82) is 0 Å². The highest BCUT2D eigenvalue weighted by atomic mass is 16.6. The predicted molar refractivity (Wildman–Crippen MR) is 87.0 cm³/mol. The molecule has 0 bridgehead atoms. The van der Waals surface area contributed by atoms with Crippen LogP contribution in [0.5, 0.6) is 0 Å². The van der Waals surface area contributed by atoms with Crippen molar-refractivity contribution >= 4 is 0 Å². The average Bonchev–Trinajstić information content (AvgIpc) is 2.92. The molecule has 2 aliphatic heterocycles. The summed E-state index contributed by atoms with van der Waals surface area (Å²) in [6.07, 6.45) is -13.0. The molecule has 8 N–H and O–H groups in total. The molecule has 0 saturated carbocycles. The molecule has 3 rings (SSSR count). The fourth-order valence-corrected chi connectivity index (χ4v) is 3.68. The van der Waals surface area contributed by atoms with E-state index in [0.717, 1.165) is 12.3 Å². The van der Waals surface area contributed by atoms with Crippen LogP contribution >= 0.6 is 0 Å². The van der Waals surface area contributed by atoms with Gasteiger partial charge in [-0.25, -0.2) is 4.79 Å². The number of nitrogens with zero attached hydrogens (tertiary/aromatic N) is 1. The Morgan fingerprint density at radius 2 is 1.61 bits per heavy atom. The number of hydrogen-bond donors (Lipinski definition) is 8. The molecular formula is C15H22N2O11. The molecule has 9 atom stereocenters. The Morgan fingerprint density at radius 3 is 2.14 bits per heavy atom. The van der Waals surface area contributed by atoms with E-state index in [4.69, 9.17) is 9.47 Å². The van der Waals surface area contributed by atoms with Gasteiger partial charge in [0.05, 0.1) is 13.2 Å². The number of rotatable bonds is 4. The summed E-state index contributed by atoms with van der Waals surface area (Å²) >= 11 is 0. The maximum Gasteiger partial charge on any atom is 0.330 e. The highest BCUT2D eigenvalue weighted by Gasteiger charge is 2.65. The lowest BCUT2D eigenvalue weighted by molar-refractivity contribution is -0.310. The molecule has 2 aliphatic rings. The zero-order valence-corrected chi connectivity index (χ0v) is 14.4. The Balaban J connectivity index is 2.20. The molecule has 0 radical (unpaired) electrons. The van der Waals surface area contributed by atoms with Gasteiger partial charge < -0.3 is 45.2 Å². The van der Waals surface area contributed by atoms with Gasteiger partial charge in [0.2, 0.25) is 5.72 Å². The van der Waals surface area contributed by atoms with Gasteiger partial charge in [-0.3, -0.25) is 14.3 Å². The van der Waals surface area contributed by atoms with Crippen molar-refractivity contribution in [2.75, 3.05) is 13.2 Å². The summed E-state index contributed by atoms with van der Waals surface area (Å²) in [5.41, 5.74) is -4.30. The highest BCUT2D eigenvalue weighted by molar-refractivity contribution is 5.10. The number of H-pyrrole nitrogens is 1. The SMILES string of the molecule is O=c1ccn([C@]2(C3O[C@H](CO)[C@H](O)[C@H](O)[C@H]3O)O[C@H](CO)[C@@H](O)[C@H]2O)c(=O)[nH]1. The second-order valence-corrected chi connectivity index (χ2v) is 6.76. The first-order chi connectivity index (χ1) is 13.2. The molecule has 28 heavy (non-hydrogen) atoms. The van der Waals surface area contributed by atoms with Gasteiger partial charge in [-0.15, -0.1) is 0 Å². The molecule has 0 aliphatic carbocycles. The minimum atomic E-state index is -2.41. The number of aromatic nitrogens is 2. The summed E-state index contributed by atoms with van der Waals surface area (Å²) in [6.45, 7) is -1.57. The maximum atomic E-state index is 12.4. The third-order valence-electron chi connectivity index (χ3n) is 5.15. The van der Waals surface area contributed by atoms with E-state index < -0.39 is 79.0 Å². The molecule has 13 heteroatoms. The number of ether oxygens (including phenoxy) is 2. The maximum absolute atomic E-state index is 12.4. The molecule has 13 nitrogen and oxygen atoms in total. The van der Waals surface area contributed by atoms with Gasteiger partial charge in [0.1, 0.15) is 48.8 Å². The molecule has 1 unspecified atom stereocenters. The van der Waals surface area contributed by atoms with Crippen LogP contribution < -0.4 is 11.2 Å². The van der Waals surface area contributed by atoms with Crippen molar-refractivity contribution in [2.45, 2.75) is 54.6 Å². The summed E-state index contributed by atoms with van der Waals surface area (Å²) in [5.74, 6) is 0. The van der Waals surface area contributed by atoms with Crippen LogP contribution in [0.2, 0.25) is 0 Å². The van der Waals surface area contributed by atoms with Gasteiger partial charge in [0.25, 0.3) is 5.56 Å². The van der Waals surface area contributed by atoms with Crippen LogP contribution in [0.15, 0.2) is 21.9 Å². The second-order valence-electron chi connectivity index (χ2n) is 6.76. The number of nitrogens with one attached hydrogen (secondary N) is 1. The van der Waals surface area contributed by atoms with Crippen LogP contribution in [0.4, 0.5) is 0 Å². The van der Waals surface area contributed by atoms with Crippen molar-refractivity contribution < 1.29 is 45.2 Å². The molecule has 0 amide bonds. The van der Waals surface area contributed by atoms with Crippen molar-refractivity contribution in [3.05, 3.63) is 33.1 Å². The highest BCUT2D eigenvalue weighted by Crippen LogP contribution is 2.42. The smallest absolute Gasteiger partial charge is 0.330 e. The molecule has 1 aromatic rings. The topological polar surface area (TPSA) is 215 Å². The lowest BCUT2D eigenvalue weighted by Gasteiger charge is -2.48. The molecule has 2 saturated heterocycles. The van der Waals surface area contributed by atoms with E-state index in [1.807, 2.05) is 4.98 Å². The van der Waals surface area contributed by atoms with E-state index in [2.05, 4.69) is 0 Å². The second kappa shape index (κ2) is 7.62. The molecule has 2 fully saturated rings. The first-order valence-corrected chi connectivity index (χ1v) is 8.46. The standard InChI is InChI=1S/C15H22N2O11/c18-3-5-8(21)10(23)11(24)13(27-5)15(12(25)9(22)6(4-19)28-15)17-2-1-7(20)16-14(17)26/h1-2,5-6,8-13,18-19,21-25H,3-4H2,(H,16,20,26)/t5-,6-,8+,9-,10+,11-,12-,13?,15+/m1/s1. The largest absolute Gasteiger partial charge is 0.394 e. The van der Waals surface area contributed by atoms with Gasteiger partial charge in [-0.2, -0.15) is 0 Å².